The molecule has 126 valence electrons. The standard InChI is InChI=1S/C18H27N3O2/c1-4-14-5-7-15(8-6-14)17(13(2)3)20-18(23)21-11-9-16(22)19-10-12-21/h5-8,13,17H,4,9-12H2,1-3H3,(H,19,22)(H,20,23). The van der Waals surface area contributed by atoms with Crippen molar-refractivity contribution in [3.63, 3.8) is 0 Å². The number of aryl methyl sites for hydroxylation is 1. The molecule has 1 heterocycles. The summed E-state index contributed by atoms with van der Waals surface area (Å²) in [6.07, 6.45) is 1.37. The van der Waals surface area contributed by atoms with Crippen LogP contribution in [0, 0.1) is 5.92 Å². The van der Waals surface area contributed by atoms with Gasteiger partial charge in [0.25, 0.3) is 0 Å². The summed E-state index contributed by atoms with van der Waals surface area (Å²) in [6.45, 7) is 7.88. The summed E-state index contributed by atoms with van der Waals surface area (Å²) >= 11 is 0. The summed E-state index contributed by atoms with van der Waals surface area (Å²) in [4.78, 5) is 25.7. The number of urea groups is 1. The van der Waals surface area contributed by atoms with Crippen molar-refractivity contribution in [2.75, 3.05) is 19.6 Å². The second-order valence-corrected chi connectivity index (χ2v) is 6.35. The summed E-state index contributed by atoms with van der Waals surface area (Å²) in [5.74, 6) is 0.300. The van der Waals surface area contributed by atoms with E-state index in [0.717, 1.165) is 12.0 Å². The number of rotatable bonds is 4. The average Bonchev–Trinajstić information content (AvgIpc) is 2.77. The minimum atomic E-state index is -0.0974. The van der Waals surface area contributed by atoms with Gasteiger partial charge in [0.2, 0.25) is 5.91 Å². The molecule has 1 aliphatic heterocycles. The molecule has 1 atom stereocenters. The van der Waals surface area contributed by atoms with Crippen LogP contribution < -0.4 is 10.6 Å². The van der Waals surface area contributed by atoms with E-state index in [1.165, 1.54) is 5.56 Å². The molecular formula is C18H27N3O2. The van der Waals surface area contributed by atoms with Crippen LogP contribution in [-0.2, 0) is 11.2 Å². The van der Waals surface area contributed by atoms with E-state index in [4.69, 9.17) is 0 Å². The third-order valence-electron chi connectivity index (χ3n) is 4.29. The van der Waals surface area contributed by atoms with Crippen molar-refractivity contribution in [3.8, 4) is 0 Å². The Morgan fingerprint density at radius 2 is 1.96 bits per heavy atom. The molecule has 1 unspecified atom stereocenters. The number of nitrogens with zero attached hydrogens (tertiary/aromatic N) is 1. The molecule has 1 aromatic rings. The van der Waals surface area contributed by atoms with Crippen molar-refractivity contribution >= 4 is 11.9 Å². The summed E-state index contributed by atoms with van der Waals surface area (Å²) in [5, 5.41) is 5.92. The van der Waals surface area contributed by atoms with Crippen LogP contribution in [-0.4, -0.2) is 36.5 Å². The Balaban J connectivity index is 2.05. The topological polar surface area (TPSA) is 61.4 Å². The molecule has 0 bridgehead atoms. The minimum absolute atomic E-state index is 0.0101. The molecule has 1 aliphatic rings. The molecule has 5 nitrogen and oxygen atoms in total. The number of nitrogens with one attached hydrogen (secondary N) is 2. The van der Waals surface area contributed by atoms with E-state index in [2.05, 4.69) is 55.7 Å². The van der Waals surface area contributed by atoms with Crippen LogP contribution >= 0.6 is 0 Å². The molecule has 1 aromatic carbocycles. The van der Waals surface area contributed by atoms with Crippen LogP contribution in [0.15, 0.2) is 24.3 Å². The first-order valence-electron chi connectivity index (χ1n) is 8.42. The third-order valence-corrected chi connectivity index (χ3v) is 4.29. The smallest absolute Gasteiger partial charge is 0.317 e. The zero-order chi connectivity index (χ0) is 16.8. The van der Waals surface area contributed by atoms with Gasteiger partial charge in [0.1, 0.15) is 0 Å². The van der Waals surface area contributed by atoms with Crippen molar-refractivity contribution < 1.29 is 9.59 Å². The van der Waals surface area contributed by atoms with Crippen molar-refractivity contribution in [1.82, 2.24) is 15.5 Å². The second kappa shape index (κ2) is 7.99. The average molecular weight is 317 g/mol. The van der Waals surface area contributed by atoms with Gasteiger partial charge in [0, 0.05) is 26.1 Å². The minimum Gasteiger partial charge on any atom is -0.354 e. The van der Waals surface area contributed by atoms with E-state index >= 15 is 0 Å². The molecule has 3 amide bonds. The van der Waals surface area contributed by atoms with E-state index in [0.29, 0.717) is 26.1 Å². The lowest BCUT2D eigenvalue weighted by atomic mass is 9.95. The van der Waals surface area contributed by atoms with Crippen LogP contribution in [0.3, 0.4) is 0 Å². The molecular weight excluding hydrogens is 290 g/mol. The third kappa shape index (κ3) is 4.71. The molecule has 0 aliphatic carbocycles. The van der Waals surface area contributed by atoms with Gasteiger partial charge in [-0.3, -0.25) is 4.79 Å². The SMILES string of the molecule is CCc1ccc(C(NC(=O)N2CCNC(=O)CC2)C(C)C)cc1. The van der Waals surface area contributed by atoms with Crippen molar-refractivity contribution in [2.45, 2.75) is 39.7 Å². The number of carbonyl (C=O) groups is 2. The zero-order valence-corrected chi connectivity index (χ0v) is 14.3. The van der Waals surface area contributed by atoms with Crippen LogP contribution in [0.25, 0.3) is 0 Å². The zero-order valence-electron chi connectivity index (χ0n) is 14.3. The van der Waals surface area contributed by atoms with Crippen molar-refractivity contribution in [2.24, 2.45) is 5.92 Å². The predicted molar refractivity (Wildman–Crippen MR) is 91.1 cm³/mol. The number of benzene rings is 1. The Morgan fingerprint density at radius 1 is 1.26 bits per heavy atom. The number of hydrogen-bond donors (Lipinski definition) is 2. The van der Waals surface area contributed by atoms with Crippen LogP contribution in [0.5, 0.6) is 0 Å². The predicted octanol–water partition coefficient (Wildman–Crippen LogP) is 2.48. The quantitative estimate of drug-likeness (QED) is 0.896. The van der Waals surface area contributed by atoms with Gasteiger partial charge < -0.3 is 15.5 Å². The van der Waals surface area contributed by atoms with E-state index < -0.39 is 0 Å². The monoisotopic (exact) mass is 317 g/mol. The van der Waals surface area contributed by atoms with Crippen molar-refractivity contribution in [3.05, 3.63) is 35.4 Å². The molecule has 0 radical (unpaired) electrons. The largest absolute Gasteiger partial charge is 0.354 e. The molecule has 2 N–H and O–H groups in total. The highest BCUT2D eigenvalue weighted by Crippen LogP contribution is 2.22. The summed E-state index contributed by atoms with van der Waals surface area (Å²) in [7, 11) is 0. The maximum absolute atomic E-state index is 12.5. The Morgan fingerprint density at radius 3 is 2.57 bits per heavy atom. The normalized spacial score (nSPS) is 16.7. The molecule has 0 spiro atoms. The molecule has 1 fully saturated rings. The van der Waals surface area contributed by atoms with Gasteiger partial charge in [-0.2, -0.15) is 0 Å². The van der Waals surface area contributed by atoms with Crippen molar-refractivity contribution in [1.29, 1.82) is 0 Å². The molecule has 2 rings (SSSR count). The summed E-state index contributed by atoms with van der Waals surface area (Å²) in [6, 6.07) is 8.30. The van der Waals surface area contributed by atoms with Gasteiger partial charge in [-0.05, 0) is 23.5 Å². The van der Waals surface area contributed by atoms with E-state index in [9.17, 15) is 9.59 Å². The summed E-state index contributed by atoms with van der Waals surface area (Å²) < 4.78 is 0. The molecule has 5 heteroatoms. The molecule has 23 heavy (non-hydrogen) atoms. The fourth-order valence-electron chi connectivity index (χ4n) is 2.79. The maximum Gasteiger partial charge on any atom is 0.317 e. The highest BCUT2D eigenvalue weighted by atomic mass is 16.2. The van der Waals surface area contributed by atoms with Crippen LogP contribution in [0.1, 0.15) is 44.4 Å². The van der Waals surface area contributed by atoms with Crippen LogP contribution in [0.4, 0.5) is 4.79 Å². The van der Waals surface area contributed by atoms with Gasteiger partial charge >= 0.3 is 6.03 Å². The lowest BCUT2D eigenvalue weighted by Crippen LogP contribution is -2.44. The Hall–Kier alpha value is -2.04. The molecule has 0 saturated carbocycles. The van der Waals surface area contributed by atoms with Gasteiger partial charge in [0.05, 0.1) is 6.04 Å². The molecule has 0 aromatic heterocycles. The van der Waals surface area contributed by atoms with Gasteiger partial charge in [-0.15, -0.1) is 0 Å². The second-order valence-electron chi connectivity index (χ2n) is 6.35. The fourth-order valence-corrected chi connectivity index (χ4v) is 2.79. The highest BCUT2D eigenvalue weighted by molar-refractivity contribution is 5.79. The highest BCUT2D eigenvalue weighted by Gasteiger charge is 2.23. The first-order chi connectivity index (χ1) is 11.0. The molecule has 1 saturated heterocycles. The van der Waals surface area contributed by atoms with Gasteiger partial charge in [0.15, 0.2) is 0 Å². The maximum atomic E-state index is 12.5. The fraction of sp³-hybridized carbons (Fsp3) is 0.556. The Labute approximate surface area is 138 Å². The lowest BCUT2D eigenvalue weighted by molar-refractivity contribution is -0.120. The number of hydrogen-bond acceptors (Lipinski definition) is 2. The first-order valence-corrected chi connectivity index (χ1v) is 8.42. The summed E-state index contributed by atoms with van der Waals surface area (Å²) in [5.41, 5.74) is 2.41. The Bertz CT molecular complexity index is 540. The van der Waals surface area contributed by atoms with E-state index in [1.807, 2.05) is 0 Å². The van der Waals surface area contributed by atoms with Crippen LogP contribution in [0.2, 0.25) is 0 Å². The Kier molecular flexibility index (Phi) is 6.02. The van der Waals surface area contributed by atoms with E-state index in [-0.39, 0.29) is 23.9 Å². The van der Waals surface area contributed by atoms with E-state index in [1.54, 1.807) is 4.90 Å². The van der Waals surface area contributed by atoms with Gasteiger partial charge in [-0.25, -0.2) is 4.79 Å². The lowest BCUT2D eigenvalue weighted by Gasteiger charge is -2.27. The number of carbonyl (C=O) groups excluding carboxylic acids is 2. The van der Waals surface area contributed by atoms with Gasteiger partial charge in [-0.1, -0.05) is 45.0 Å². The number of amides is 3. The first kappa shape index (κ1) is 17.3.